The fourth-order valence-corrected chi connectivity index (χ4v) is 2.55. The van der Waals surface area contributed by atoms with Crippen LogP contribution < -0.4 is 10.9 Å². The van der Waals surface area contributed by atoms with E-state index in [4.69, 9.17) is 0 Å². The van der Waals surface area contributed by atoms with Gasteiger partial charge in [-0.1, -0.05) is 0 Å². The number of nitrogens with zero attached hydrogens (tertiary/aromatic N) is 2. The second-order valence-corrected chi connectivity index (χ2v) is 5.68. The van der Waals surface area contributed by atoms with Gasteiger partial charge in [-0.05, 0) is 33.1 Å². The van der Waals surface area contributed by atoms with Gasteiger partial charge >= 0.3 is 0 Å². The molecule has 140 valence electrons. The van der Waals surface area contributed by atoms with E-state index in [1.54, 1.807) is 26.2 Å². The minimum absolute atomic E-state index is 0. The fraction of sp³-hybridized carbons (Fsp3) is 0.412. The van der Waals surface area contributed by atoms with Crippen LogP contribution in [0.3, 0.4) is 0 Å². The van der Waals surface area contributed by atoms with Crippen molar-refractivity contribution in [3.8, 4) is 11.5 Å². The fourth-order valence-electron chi connectivity index (χ4n) is 2.55. The molecule has 0 atom stereocenters. The van der Waals surface area contributed by atoms with E-state index in [1.807, 2.05) is 9.13 Å². The van der Waals surface area contributed by atoms with Crippen molar-refractivity contribution in [3.63, 3.8) is 0 Å². The number of halogens is 2. The molecule has 25 heavy (non-hydrogen) atoms. The summed E-state index contributed by atoms with van der Waals surface area (Å²) in [7, 11) is 0. The van der Waals surface area contributed by atoms with E-state index in [9.17, 15) is 19.8 Å². The third-order valence-electron chi connectivity index (χ3n) is 4.12. The largest absolute Gasteiger partial charge is 0.503 e. The van der Waals surface area contributed by atoms with E-state index >= 15 is 0 Å². The van der Waals surface area contributed by atoms with Gasteiger partial charge in [-0.25, -0.2) is 0 Å². The van der Waals surface area contributed by atoms with Crippen LogP contribution in [0.5, 0.6) is 11.5 Å². The molecule has 2 N–H and O–H groups in total. The monoisotopic (exact) mass is 390 g/mol. The van der Waals surface area contributed by atoms with Gasteiger partial charge in [-0.15, -0.1) is 24.8 Å². The lowest BCUT2D eigenvalue weighted by Crippen LogP contribution is -2.11. The topological polar surface area (TPSA) is 84.5 Å². The summed E-state index contributed by atoms with van der Waals surface area (Å²) in [6.07, 6.45) is 6.17. The number of pyridine rings is 2. The normalized spacial score (nSPS) is 10.0. The molecule has 0 saturated carbocycles. The van der Waals surface area contributed by atoms with Crippen LogP contribution in [0.2, 0.25) is 0 Å². The average Bonchev–Trinajstić information content (AvgIpc) is 2.54. The lowest BCUT2D eigenvalue weighted by Gasteiger charge is -2.13. The highest BCUT2D eigenvalue weighted by Gasteiger charge is 2.06. The highest BCUT2D eigenvalue weighted by atomic mass is 35.5. The van der Waals surface area contributed by atoms with Gasteiger partial charge in [0.15, 0.2) is 11.5 Å². The van der Waals surface area contributed by atoms with Crippen LogP contribution in [-0.2, 0) is 13.1 Å². The standard InChI is InChI=1S/C17H22N2O4.2ClH/c1-12-16(22)14(20)6-10-18(12)8-4-3-5-9-19-11-7-15(21)17(23)13(19)2;;/h6-7,10-11,22-23H,3-5,8-9H2,1-2H3;2*1H. The molecule has 0 unspecified atom stereocenters. The second-order valence-electron chi connectivity index (χ2n) is 5.68. The van der Waals surface area contributed by atoms with E-state index in [2.05, 4.69) is 0 Å². The molecule has 2 aromatic rings. The lowest BCUT2D eigenvalue weighted by molar-refractivity contribution is 0.444. The van der Waals surface area contributed by atoms with Crippen LogP contribution in [0.15, 0.2) is 34.1 Å². The third kappa shape index (κ3) is 5.54. The Labute approximate surface area is 158 Å². The summed E-state index contributed by atoms with van der Waals surface area (Å²) in [5.74, 6) is -0.376. The van der Waals surface area contributed by atoms with Gasteiger partial charge in [0.1, 0.15) is 0 Å². The van der Waals surface area contributed by atoms with Crippen molar-refractivity contribution in [2.45, 2.75) is 46.2 Å². The number of hydrogen-bond acceptors (Lipinski definition) is 4. The number of aryl methyl sites for hydroxylation is 2. The summed E-state index contributed by atoms with van der Waals surface area (Å²) in [6.45, 7) is 4.91. The van der Waals surface area contributed by atoms with Crippen LogP contribution in [-0.4, -0.2) is 19.3 Å². The summed E-state index contributed by atoms with van der Waals surface area (Å²) in [4.78, 5) is 22.6. The van der Waals surface area contributed by atoms with Gasteiger partial charge in [0, 0.05) is 37.6 Å². The van der Waals surface area contributed by atoms with Crippen molar-refractivity contribution < 1.29 is 10.2 Å². The highest BCUT2D eigenvalue weighted by molar-refractivity contribution is 5.85. The first kappa shape index (κ1) is 23.1. The lowest BCUT2D eigenvalue weighted by atomic mass is 10.2. The summed E-state index contributed by atoms with van der Waals surface area (Å²) in [5.41, 5.74) is 0.455. The van der Waals surface area contributed by atoms with E-state index in [0.717, 1.165) is 32.4 Å². The Kier molecular flexibility index (Phi) is 9.38. The van der Waals surface area contributed by atoms with Crippen molar-refractivity contribution in [1.29, 1.82) is 0 Å². The van der Waals surface area contributed by atoms with E-state index in [0.29, 0.717) is 11.4 Å². The van der Waals surface area contributed by atoms with Crippen LogP contribution in [0.1, 0.15) is 30.7 Å². The predicted octanol–water partition coefficient (Wildman–Crippen LogP) is 2.75. The first-order valence-electron chi connectivity index (χ1n) is 7.70. The van der Waals surface area contributed by atoms with Gasteiger partial charge in [-0.3, -0.25) is 9.59 Å². The third-order valence-corrected chi connectivity index (χ3v) is 4.12. The van der Waals surface area contributed by atoms with Crippen molar-refractivity contribution in [2.75, 3.05) is 0 Å². The van der Waals surface area contributed by atoms with Crippen LogP contribution >= 0.6 is 24.8 Å². The molecule has 2 heterocycles. The van der Waals surface area contributed by atoms with Gasteiger partial charge in [0.25, 0.3) is 0 Å². The molecule has 6 nitrogen and oxygen atoms in total. The Hall–Kier alpha value is -1.92. The zero-order valence-electron chi connectivity index (χ0n) is 14.3. The molecular formula is C17H24Cl2N2O4. The number of hydrogen-bond donors (Lipinski definition) is 2. The molecular weight excluding hydrogens is 367 g/mol. The summed E-state index contributed by atoms with van der Waals surface area (Å²) < 4.78 is 3.74. The van der Waals surface area contributed by atoms with Crippen molar-refractivity contribution >= 4 is 24.8 Å². The Balaban J connectivity index is 0.00000288. The first-order valence-corrected chi connectivity index (χ1v) is 7.70. The van der Waals surface area contributed by atoms with Crippen molar-refractivity contribution in [2.24, 2.45) is 0 Å². The molecule has 0 aliphatic carbocycles. The Bertz CT molecular complexity index is 748. The number of aromatic hydroxyl groups is 2. The van der Waals surface area contributed by atoms with E-state index in [1.165, 1.54) is 12.1 Å². The SMILES string of the molecule is Cc1c(O)c(=O)ccn1CCCCCn1ccc(=O)c(O)c1C.Cl.Cl. The average molecular weight is 391 g/mol. The van der Waals surface area contributed by atoms with Crippen molar-refractivity contribution in [3.05, 3.63) is 56.4 Å². The zero-order chi connectivity index (χ0) is 17.0. The molecule has 2 rings (SSSR count). The summed E-state index contributed by atoms with van der Waals surface area (Å²) >= 11 is 0. The maximum atomic E-state index is 11.3. The molecule has 0 spiro atoms. The number of aromatic nitrogens is 2. The summed E-state index contributed by atoms with van der Waals surface area (Å²) in [6, 6.07) is 2.74. The Morgan fingerprint density at radius 3 is 1.48 bits per heavy atom. The van der Waals surface area contributed by atoms with Crippen molar-refractivity contribution in [1.82, 2.24) is 9.13 Å². The zero-order valence-corrected chi connectivity index (χ0v) is 15.9. The smallest absolute Gasteiger partial charge is 0.223 e. The molecule has 0 amide bonds. The van der Waals surface area contributed by atoms with E-state index < -0.39 is 0 Å². The van der Waals surface area contributed by atoms with Gasteiger partial charge in [0.2, 0.25) is 10.9 Å². The molecule has 0 fully saturated rings. The molecule has 0 bridgehead atoms. The maximum Gasteiger partial charge on any atom is 0.223 e. The second kappa shape index (κ2) is 10.2. The Morgan fingerprint density at radius 2 is 1.12 bits per heavy atom. The molecule has 0 aliphatic heterocycles. The quantitative estimate of drug-likeness (QED) is 0.742. The van der Waals surface area contributed by atoms with E-state index in [-0.39, 0.29) is 47.2 Å². The first-order chi connectivity index (χ1) is 10.9. The minimum atomic E-state index is -0.354. The van der Waals surface area contributed by atoms with Crippen LogP contribution in [0, 0.1) is 13.8 Å². The van der Waals surface area contributed by atoms with Crippen LogP contribution in [0.25, 0.3) is 0 Å². The highest BCUT2D eigenvalue weighted by Crippen LogP contribution is 2.13. The number of unbranched alkanes of at least 4 members (excludes halogenated alkanes) is 2. The summed E-state index contributed by atoms with van der Waals surface area (Å²) in [5, 5.41) is 19.3. The molecule has 0 radical (unpaired) electrons. The Morgan fingerprint density at radius 1 is 0.760 bits per heavy atom. The molecule has 0 saturated heterocycles. The maximum absolute atomic E-state index is 11.3. The van der Waals surface area contributed by atoms with Gasteiger partial charge in [0.05, 0.1) is 11.4 Å². The van der Waals surface area contributed by atoms with Gasteiger partial charge < -0.3 is 19.3 Å². The van der Waals surface area contributed by atoms with Gasteiger partial charge in [-0.2, -0.15) is 0 Å². The molecule has 0 aromatic carbocycles. The minimum Gasteiger partial charge on any atom is -0.503 e. The van der Waals surface area contributed by atoms with Crippen LogP contribution in [0.4, 0.5) is 0 Å². The molecule has 0 aliphatic rings. The molecule has 8 heteroatoms. The number of rotatable bonds is 6. The molecule has 2 aromatic heterocycles. The predicted molar refractivity (Wildman–Crippen MR) is 103 cm³/mol.